The molecule has 0 aromatic heterocycles. The molecule has 0 spiro atoms. The van der Waals surface area contributed by atoms with E-state index in [-0.39, 0.29) is 5.41 Å². The zero-order chi connectivity index (χ0) is 17.1. The van der Waals surface area contributed by atoms with Gasteiger partial charge >= 0.3 is 0 Å². The van der Waals surface area contributed by atoms with E-state index in [2.05, 4.69) is 103 Å². The monoisotopic (exact) mass is 321 g/mol. The molecule has 0 aliphatic rings. The number of benzene rings is 4. The molecule has 0 amide bonds. The van der Waals surface area contributed by atoms with Crippen molar-refractivity contribution < 1.29 is 0 Å². The number of rotatable bonds is 4. The van der Waals surface area contributed by atoms with E-state index >= 15 is 0 Å². The molecule has 0 aliphatic carbocycles. The second-order valence-electron chi connectivity index (χ2n) is 6.63. The number of hydrogen-bond acceptors (Lipinski definition) is 0. The first-order valence-electron chi connectivity index (χ1n) is 8.70. The highest BCUT2D eigenvalue weighted by Crippen LogP contribution is 2.36. The van der Waals surface area contributed by atoms with Crippen molar-refractivity contribution in [2.24, 2.45) is 0 Å². The fourth-order valence-corrected chi connectivity index (χ4v) is 3.66. The minimum absolute atomic E-state index is 0.313. The van der Waals surface area contributed by atoms with E-state index < -0.39 is 0 Å². The predicted molar refractivity (Wildman–Crippen MR) is 107 cm³/mol. The Balaban J connectivity index is 1.87. The summed E-state index contributed by atoms with van der Waals surface area (Å²) in [7, 11) is 0. The maximum Gasteiger partial charge on any atom is 0.0243 e. The zero-order valence-corrected chi connectivity index (χ0v) is 14.2. The van der Waals surface area contributed by atoms with E-state index in [1.165, 1.54) is 27.5 Å². The molecule has 4 rings (SSSR count). The standard InChI is InChI=1S/C25H21/c1-25(22-14-4-2-5-15-22,23-16-6-3-7-17-23)19-21-13-10-12-20-11-8-9-18-24(20)21/h2-18H,1,19H2. The van der Waals surface area contributed by atoms with Crippen molar-refractivity contribution in [1.82, 2.24) is 0 Å². The average Bonchev–Trinajstić information content (AvgIpc) is 2.69. The number of fused-ring (bicyclic) bond motifs is 1. The molecule has 0 aliphatic heterocycles. The van der Waals surface area contributed by atoms with Gasteiger partial charge in [-0.25, -0.2) is 0 Å². The van der Waals surface area contributed by atoms with Crippen LogP contribution in [0.5, 0.6) is 0 Å². The van der Waals surface area contributed by atoms with Gasteiger partial charge < -0.3 is 0 Å². The molecule has 4 aromatic rings. The van der Waals surface area contributed by atoms with Crippen molar-refractivity contribution in [2.75, 3.05) is 0 Å². The van der Waals surface area contributed by atoms with E-state index in [0.29, 0.717) is 0 Å². The van der Waals surface area contributed by atoms with Gasteiger partial charge in [0.2, 0.25) is 0 Å². The third-order valence-corrected chi connectivity index (χ3v) is 5.02. The van der Waals surface area contributed by atoms with Crippen molar-refractivity contribution >= 4 is 10.8 Å². The van der Waals surface area contributed by atoms with Crippen LogP contribution >= 0.6 is 0 Å². The summed E-state index contributed by atoms with van der Waals surface area (Å²) in [5.41, 5.74) is 3.51. The number of hydrogen-bond donors (Lipinski definition) is 0. The summed E-state index contributed by atoms with van der Waals surface area (Å²) in [5.74, 6) is 0. The van der Waals surface area contributed by atoms with Crippen LogP contribution in [0.1, 0.15) is 16.7 Å². The van der Waals surface area contributed by atoms with Gasteiger partial charge in [0.05, 0.1) is 0 Å². The highest BCUT2D eigenvalue weighted by molar-refractivity contribution is 5.85. The van der Waals surface area contributed by atoms with Crippen LogP contribution in [0.15, 0.2) is 103 Å². The molecule has 25 heavy (non-hydrogen) atoms. The first-order chi connectivity index (χ1) is 12.3. The van der Waals surface area contributed by atoms with E-state index in [9.17, 15) is 0 Å². The van der Waals surface area contributed by atoms with Gasteiger partial charge in [0, 0.05) is 5.41 Å². The second-order valence-corrected chi connectivity index (χ2v) is 6.63. The van der Waals surface area contributed by atoms with Crippen LogP contribution in [0.25, 0.3) is 10.8 Å². The van der Waals surface area contributed by atoms with Crippen molar-refractivity contribution in [2.45, 2.75) is 11.8 Å². The van der Waals surface area contributed by atoms with Crippen LogP contribution in [0.3, 0.4) is 0 Å². The van der Waals surface area contributed by atoms with Crippen LogP contribution in [0.4, 0.5) is 0 Å². The minimum Gasteiger partial charge on any atom is -0.0622 e. The van der Waals surface area contributed by atoms with Crippen LogP contribution in [-0.4, -0.2) is 0 Å². The van der Waals surface area contributed by atoms with Crippen LogP contribution in [-0.2, 0) is 11.8 Å². The summed E-state index contributed by atoms with van der Waals surface area (Å²) >= 11 is 0. The van der Waals surface area contributed by atoms with Gasteiger partial charge in [-0.05, 0) is 40.8 Å². The molecule has 121 valence electrons. The molecule has 0 nitrogen and oxygen atoms in total. The van der Waals surface area contributed by atoms with Crippen LogP contribution < -0.4 is 0 Å². The summed E-state index contributed by atoms with van der Waals surface area (Å²) in [5, 5.41) is 2.59. The normalized spacial score (nSPS) is 11.6. The lowest BCUT2D eigenvalue weighted by molar-refractivity contribution is 0.636. The topological polar surface area (TPSA) is 0 Å². The Kier molecular flexibility index (Phi) is 4.11. The summed E-state index contributed by atoms with van der Waals surface area (Å²) in [6.07, 6.45) is 0.863. The summed E-state index contributed by atoms with van der Waals surface area (Å²) in [4.78, 5) is 0. The fraction of sp³-hybridized carbons (Fsp3) is 0.0800. The SMILES string of the molecule is [CH2]C(Cc1cccc2ccccc12)(c1ccccc1)c1ccccc1. The first kappa shape index (κ1) is 15.7. The quantitative estimate of drug-likeness (QED) is 0.419. The second kappa shape index (κ2) is 6.57. The van der Waals surface area contributed by atoms with Crippen LogP contribution in [0.2, 0.25) is 0 Å². The Hall–Kier alpha value is -2.86. The highest BCUT2D eigenvalue weighted by atomic mass is 14.3. The Morgan fingerprint density at radius 3 is 1.72 bits per heavy atom. The molecule has 0 fully saturated rings. The molecule has 1 radical (unpaired) electrons. The Morgan fingerprint density at radius 2 is 1.08 bits per heavy atom. The molecule has 0 bridgehead atoms. The summed E-state index contributed by atoms with van der Waals surface area (Å²) < 4.78 is 0. The molecule has 0 saturated carbocycles. The molecule has 0 atom stereocenters. The van der Waals surface area contributed by atoms with Gasteiger partial charge in [-0.1, -0.05) is 103 Å². The van der Waals surface area contributed by atoms with Gasteiger partial charge in [0.15, 0.2) is 0 Å². The maximum atomic E-state index is 4.71. The molecule has 0 heterocycles. The van der Waals surface area contributed by atoms with Crippen molar-refractivity contribution in [3.8, 4) is 0 Å². The fourth-order valence-electron chi connectivity index (χ4n) is 3.66. The lowest BCUT2D eigenvalue weighted by atomic mass is 9.71. The largest absolute Gasteiger partial charge is 0.0622 e. The lowest BCUT2D eigenvalue weighted by Crippen LogP contribution is -2.27. The van der Waals surface area contributed by atoms with E-state index in [4.69, 9.17) is 6.92 Å². The lowest BCUT2D eigenvalue weighted by Gasteiger charge is -2.31. The zero-order valence-electron chi connectivity index (χ0n) is 14.2. The Bertz CT molecular complexity index is 923. The third kappa shape index (κ3) is 2.96. The van der Waals surface area contributed by atoms with Gasteiger partial charge in [0.1, 0.15) is 0 Å². The van der Waals surface area contributed by atoms with Crippen molar-refractivity contribution in [3.05, 3.63) is 127 Å². The van der Waals surface area contributed by atoms with E-state index in [0.717, 1.165) is 6.42 Å². The molecule has 0 saturated heterocycles. The smallest absolute Gasteiger partial charge is 0.0243 e. The molecule has 0 unspecified atom stereocenters. The van der Waals surface area contributed by atoms with E-state index in [1.807, 2.05) is 0 Å². The Morgan fingerprint density at radius 1 is 0.560 bits per heavy atom. The van der Waals surface area contributed by atoms with Gasteiger partial charge in [0.25, 0.3) is 0 Å². The maximum absolute atomic E-state index is 4.71. The summed E-state index contributed by atoms with van der Waals surface area (Å²) in [6.45, 7) is 4.71. The molecule has 0 heteroatoms. The van der Waals surface area contributed by atoms with Crippen molar-refractivity contribution in [1.29, 1.82) is 0 Å². The van der Waals surface area contributed by atoms with Crippen LogP contribution in [0, 0.1) is 6.92 Å². The Labute approximate surface area is 149 Å². The van der Waals surface area contributed by atoms with Crippen molar-refractivity contribution in [3.63, 3.8) is 0 Å². The molecular formula is C25H21. The minimum atomic E-state index is -0.313. The molecule has 4 aromatic carbocycles. The average molecular weight is 321 g/mol. The third-order valence-electron chi connectivity index (χ3n) is 5.02. The van der Waals surface area contributed by atoms with Gasteiger partial charge in [-0.2, -0.15) is 0 Å². The highest BCUT2D eigenvalue weighted by Gasteiger charge is 2.29. The first-order valence-corrected chi connectivity index (χ1v) is 8.70. The van der Waals surface area contributed by atoms with Gasteiger partial charge in [-0.15, -0.1) is 0 Å². The molecular weight excluding hydrogens is 300 g/mol. The predicted octanol–water partition coefficient (Wildman–Crippen LogP) is 6.20. The van der Waals surface area contributed by atoms with E-state index in [1.54, 1.807) is 0 Å². The molecule has 0 N–H and O–H groups in total. The van der Waals surface area contributed by atoms with Gasteiger partial charge in [-0.3, -0.25) is 0 Å². The summed E-state index contributed by atoms with van der Waals surface area (Å²) in [6, 6.07) is 36.4.